The van der Waals surface area contributed by atoms with Crippen LogP contribution in [0.25, 0.3) is 0 Å². The topological polar surface area (TPSA) is 3.24 Å². The summed E-state index contributed by atoms with van der Waals surface area (Å²) < 4.78 is 14.3. The Morgan fingerprint density at radius 3 is 2.84 bits per heavy atom. The molecule has 0 atom stereocenters. The predicted octanol–water partition coefficient (Wildman–Crippen LogP) is 4.80. The summed E-state index contributed by atoms with van der Waals surface area (Å²) in [5.41, 5.74) is 3.25. The Balaban J connectivity index is 1.88. The van der Waals surface area contributed by atoms with Crippen LogP contribution in [0.2, 0.25) is 5.02 Å². The summed E-state index contributed by atoms with van der Waals surface area (Å²) >= 11 is 9.63. The minimum Gasteiger partial charge on any atom is -0.367 e. The predicted molar refractivity (Wildman–Crippen MR) is 80.3 cm³/mol. The fourth-order valence-electron chi connectivity index (χ4n) is 2.44. The Hall–Kier alpha value is -1.06. The van der Waals surface area contributed by atoms with Crippen molar-refractivity contribution in [1.29, 1.82) is 0 Å². The fraction of sp³-hybridized carbons (Fsp3) is 0.200. The maximum atomic E-state index is 13.3. The molecule has 0 bridgehead atoms. The van der Waals surface area contributed by atoms with Crippen LogP contribution in [0.5, 0.6) is 0 Å². The van der Waals surface area contributed by atoms with Crippen LogP contribution in [0.3, 0.4) is 0 Å². The summed E-state index contributed by atoms with van der Waals surface area (Å²) in [6, 6.07) is 10.9. The molecule has 3 rings (SSSR count). The first kappa shape index (κ1) is 12.9. The van der Waals surface area contributed by atoms with E-state index >= 15 is 0 Å². The standard InChI is InChI=1S/C15H12BrClFN/c16-12-3-1-11(14(17)7-12)9-19-6-5-10-2-4-13(18)8-15(10)19/h1-4,7-8H,5-6,9H2. The van der Waals surface area contributed by atoms with Crippen LogP contribution in [0.1, 0.15) is 11.1 Å². The van der Waals surface area contributed by atoms with E-state index in [-0.39, 0.29) is 5.82 Å². The molecule has 1 heterocycles. The number of benzene rings is 2. The van der Waals surface area contributed by atoms with Gasteiger partial charge in [-0.2, -0.15) is 0 Å². The smallest absolute Gasteiger partial charge is 0.125 e. The molecule has 0 radical (unpaired) electrons. The van der Waals surface area contributed by atoms with E-state index in [1.165, 1.54) is 11.6 Å². The number of hydrogen-bond acceptors (Lipinski definition) is 1. The molecule has 0 N–H and O–H groups in total. The average molecular weight is 341 g/mol. The Kier molecular flexibility index (Phi) is 3.50. The van der Waals surface area contributed by atoms with Gasteiger partial charge in [-0.25, -0.2) is 4.39 Å². The van der Waals surface area contributed by atoms with Crippen molar-refractivity contribution in [3.8, 4) is 0 Å². The number of halogens is 3. The van der Waals surface area contributed by atoms with E-state index in [1.54, 1.807) is 6.07 Å². The molecule has 98 valence electrons. The summed E-state index contributed by atoms with van der Waals surface area (Å²) in [4.78, 5) is 2.17. The van der Waals surface area contributed by atoms with E-state index in [2.05, 4.69) is 20.8 Å². The second-order valence-corrected chi connectivity index (χ2v) is 6.00. The van der Waals surface area contributed by atoms with Crippen molar-refractivity contribution < 1.29 is 4.39 Å². The highest BCUT2D eigenvalue weighted by Crippen LogP contribution is 2.31. The van der Waals surface area contributed by atoms with Gasteiger partial charge in [0.2, 0.25) is 0 Å². The quantitative estimate of drug-likeness (QED) is 0.759. The number of nitrogens with zero attached hydrogens (tertiary/aromatic N) is 1. The Morgan fingerprint density at radius 2 is 2.05 bits per heavy atom. The maximum Gasteiger partial charge on any atom is 0.125 e. The van der Waals surface area contributed by atoms with Crippen LogP contribution in [-0.4, -0.2) is 6.54 Å². The van der Waals surface area contributed by atoms with Gasteiger partial charge in [-0.3, -0.25) is 0 Å². The number of rotatable bonds is 2. The van der Waals surface area contributed by atoms with E-state index in [0.29, 0.717) is 6.54 Å². The van der Waals surface area contributed by atoms with Crippen LogP contribution in [0.15, 0.2) is 40.9 Å². The molecule has 0 amide bonds. The van der Waals surface area contributed by atoms with Gasteiger partial charge >= 0.3 is 0 Å². The molecule has 0 saturated heterocycles. The van der Waals surface area contributed by atoms with Gasteiger partial charge in [0, 0.05) is 28.3 Å². The maximum absolute atomic E-state index is 13.3. The van der Waals surface area contributed by atoms with E-state index in [1.807, 2.05) is 24.3 Å². The Morgan fingerprint density at radius 1 is 1.21 bits per heavy atom. The second kappa shape index (κ2) is 5.14. The molecular weight excluding hydrogens is 329 g/mol. The lowest BCUT2D eigenvalue weighted by Crippen LogP contribution is -2.19. The highest BCUT2D eigenvalue weighted by atomic mass is 79.9. The van der Waals surface area contributed by atoms with Crippen molar-refractivity contribution >= 4 is 33.2 Å². The van der Waals surface area contributed by atoms with Gasteiger partial charge in [0.15, 0.2) is 0 Å². The van der Waals surface area contributed by atoms with Crippen LogP contribution in [-0.2, 0) is 13.0 Å². The third-order valence-corrected chi connectivity index (χ3v) is 4.26. The first-order chi connectivity index (χ1) is 9.13. The van der Waals surface area contributed by atoms with E-state index in [0.717, 1.165) is 33.7 Å². The van der Waals surface area contributed by atoms with Crippen LogP contribution in [0.4, 0.5) is 10.1 Å². The van der Waals surface area contributed by atoms with Crippen molar-refractivity contribution in [2.75, 3.05) is 11.4 Å². The Labute approximate surface area is 125 Å². The summed E-state index contributed by atoms with van der Waals surface area (Å²) in [6.45, 7) is 1.62. The SMILES string of the molecule is Fc1ccc2c(c1)N(Cc1ccc(Br)cc1Cl)CC2. The highest BCUT2D eigenvalue weighted by molar-refractivity contribution is 9.10. The molecule has 0 unspecified atom stereocenters. The molecule has 0 aromatic heterocycles. The van der Waals surface area contributed by atoms with Crippen molar-refractivity contribution in [2.24, 2.45) is 0 Å². The number of anilines is 1. The largest absolute Gasteiger partial charge is 0.367 e. The molecule has 1 aliphatic rings. The molecule has 0 aliphatic carbocycles. The molecule has 0 fully saturated rings. The minimum atomic E-state index is -0.187. The van der Waals surface area contributed by atoms with Gasteiger partial charge in [-0.15, -0.1) is 0 Å². The summed E-state index contributed by atoms with van der Waals surface area (Å²) in [5.74, 6) is -0.187. The average Bonchev–Trinajstić information content (AvgIpc) is 2.75. The van der Waals surface area contributed by atoms with Gasteiger partial charge in [0.1, 0.15) is 5.82 Å². The molecule has 2 aromatic carbocycles. The van der Waals surface area contributed by atoms with Gasteiger partial charge < -0.3 is 4.90 Å². The molecule has 0 spiro atoms. The zero-order chi connectivity index (χ0) is 13.4. The van der Waals surface area contributed by atoms with Gasteiger partial charge in [0.25, 0.3) is 0 Å². The summed E-state index contributed by atoms with van der Waals surface area (Å²) in [5, 5.41) is 0.735. The van der Waals surface area contributed by atoms with E-state index in [9.17, 15) is 4.39 Å². The first-order valence-corrected chi connectivity index (χ1v) is 7.28. The first-order valence-electron chi connectivity index (χ1n) is 6.11. The highest BCUT2D eigenvalue weighted by Gasteiger charge is 2.20. The van der Waals surface area contributed by atoms with Gasteiger partial charge in [-0.05, 0) is 41.8 Å². The normalized spacial score (nSPS) is 13.7. The molecule has 1 aliphatic heterocycles. The van der Waals surface area contributed by atoms with Crippen molar-refractivity contribution in [3.63, 3.8) is 0 Å². The van der Waals surface area contributed by atoms with Crippen LogP contribution >= 0.6 is 27.5 Å². The van der Waals surface area contributed by atoms with Crippen molar-refractivity contribution in [2.45, 2.75) is 13.0 Å². The molecule has 0 saturated carbocycles. The lowest BCUT2D eigenvalue weighted by Gasteiger charge is -2.20. The zero-order valence-corrected chi connectivity index (χ0v) is 12.5. The van der Waals surface area contributed by atoms with Crippen LogP contribution in [0, 0.1) is 5.82 Å². The van der Waals surface area contributed by atoms with E-state index in [4.69, 9.17) is 11.6 Å². The summed E-state index contributed by atoms with van der Waals surface area (Å²) in [6.07, 6.45) is 0.962. The molecule has 1 nitrogen and oxygen atoms in total. The van der Waals surface area contributed by atoms with Crippen molar-refractivity contribution in [3.05, 3.63) is 62.8 Å². The lowest BCUT2D eigenvalue weighted by atomic mass is 10.1. The van der Waals surface area contributed by atoms with Gasteiger partial charge in [0.05, 0.1) is 0 Å². The molecular formula is C15H12BrClFN. The fourth-order valence-corrected chi connectivity index (χ4v) is 3.17. The number of fused-ring (bicyclic) bond motifs is 1. The minimum absolute atomic E-state index is 0.187. The number of hydrogen-bond donors (Lipinski definition) is 0. The van der Waals surface area contributed by atoms with Gasteiger partial charge in [-0.1, -0.05) is 39.7 Å². The Bertz CT molecular complexity index is 630. The van der Waals surface area contributed by atoms with E-state index < -0.39 is 0 Å². The monoisotopic (exact) mass is 339 g/mol. The molecule has 19 heavy (non-hydrogen) atoms. The second-order valence-electron chi connectivity index (χ2n) is 4.68. The van der Waals surface area contributed by atoms with Crippen LogP contribution < -0.4 is 4.90 Å². The van der Waals surface area contributed by atoms with Crippen molar-refractivity contribution in [1.82, 2.24) is 0 Å². The molecule has 2 aromatic rings. The zero-order valence-electron chi connectivity index (χ0n) is 10.2. The third-order valence-electron chi connectivity index (χ3n) is 3.42. The molecule has 4 heteroatoms. The third kappa shape index (κ3) is 2.63. The summed E-state index contributed by atoms with van der Waals surface area (Å²) in [7, 11) is 0. The lowest BCUT2D eigenvalue weighted by molar-refractivity contribution is 0.627.